The van der Waals surface area contributed by atoms with E-state index in [-0.39, 0.29) is 5.91 Å². The lowest BCUT2D eigenvalue weighted by Crippen LogP contribution is -2.13. The third-order valence-electron chi connectivity index (χ3n) is 3.24. The van der Waals surface area contributed by atoms with Crippen molar-refractivity contribution in [3.63, 3.8) is 0 Å². The molecule has 2 aromatic rings. The summed E-state index contributed by atoms with van der Waals surface area (Å²) < 4.78 is 15.7. The maximum atomic E-state index is 12.5. The summed E-state index contributed by atoms with van der Waals surface area (Å²) >= 11 is 0. The summed E-state index contributed by atoms with van der Waals surface area (Å²) in [5.74, 6) is 3.49. The highest BCUT2D eigenvalue weighted by molar-refractivity contribution is 6.06. The molecule has 0 bridgehead atoms. The molecule has 0 aromatic heterocycles. The quantitative estimate of drug-likeness (QED) is 0.863. The van der Waals surface area contributed by atoms with Crippen LogP contribution in [-0.2, 0) is 0 Å². The van der Waals surface area contributed by atoms with E-state index in [2.05, 4.69) is 11.2 Å². The summed E-state index contributed by atoms with van der Waals surface area (Å²) in [4.78, 5) is 12.5. The number of carbonyl (C=O) groups excluding carboxylic acids is 1. The first kappa shape index (κ1) is 16.2. The standard InChI is InChI=1S/C18H17NO4/c1-5-12-7-6-8-13(9-12)19-18(20)14-10-16(22-3)17(23-4)11-15(14)21-2/h1,6-11H,2-4H3,(H,19,20). The zero-order valence-corrected chi connectivity index (χ0v) is 13.2. The molecule has 2 aromatic carbocycles. The first-order valence-electron chi connectivity index (χ1n) is 6.81. The number of terminal acetylenes is 1. The van der Waals surface area contributed by atoms with Gasteiger partial charge in [0.1, 0.15) is 5.75 Å². The van der Waals surface area contributed by atoms with Crippen LogP contribution >= 0.6 is 0 Å². The summed E-state index contributed by atoms with van der Waals surface area (Å²) in [6, 6.07) is 10.2. The molecular formula is C18H17NO4. The van der Waals surface area contributed by atoms with Gasteiger partial charge >= 0.3 is 0 Å². The molecular weight excluding hydrogens is 294 g/mol. The summed E-state index contributed by atoms with van der Waals surface area (Å²) in [5.41, 5.74) is 1.61. The number of ether oxygens (including phenoxy) is 3. The first-order valence-corrected chi connectivity index (χ1v) is 6.81. The molecule has 1 N–H and O–H groups in total. The third-order valence-corrected chi connectivity index (χ3v) is 3.24. The van der Waals surface area contributed by atoms with Crippen molar-refractivity contribution < 1.29 is 19.0 Å². The van der Waals surface area contributed by atoms with Gasteiger partial charge < -0.3 is 19.5 Å². The van der Waals surface area contributed by atoms with Gasteiger partial charge in [0, 0.05) is 23.4 Å². The van der Waals surface area contributed by atoms with Crippen molar-refractivity contribution in [2.24, 2.45) is 0 Å². The van der Waals surface area contributed by atoms with Crippen molar-refractivity contribution in [1.82, 2.24) is 0 Å². The Morgan fingerprint density at radius 3 is 2.26 bits per heavy atom. The van der Waals surface area contributed by atoms with Crippen molar-refractivity contribution in [1.29, 1.82) is 0 Å². The van der Waals surface area contributed by atoms with Crippen molar-refractivity contribution in [3.8, 4) is 29.6 Å². The fourth-order valence-electron chi connectivity index (χ4n) is 2.09. The molecule has 118 valence electrons. The van der Waals surface area contributed by atoms with Crippen LogP contribution in [0.5, 0.6) is 17.2 Å². The Morgan fingerprint density at radius 1 is 1.00 bits per heavy atom. The Morgan fingerprint density at radius 2 is 1.65 bits per heavy atom. The largest absolute Gasteiger partial charge is 0.496 e. The van der Waals surface area contributed by atoms with Gasteiger partial charge in [0.05, 0.1) is 26.9 Å². The minimum Gasteiger partial charge on any atom is -0.496 e. The lowest BCUT2D eigenvalue weighted by Gasteiger charge is -2.14. The van der Waals surface area contributed by atoms with Crippen LogP contribution in [-0.4, -0.2) is 27.2 Å². The average molecular weight is 311 g/mol. The molecule has 0 saturated carbocycles. The zero-order chi connectivity index (χ0) is 16.8. The molecule has 0 atom stereocenters. The Bertz CT molecular complexity index is 762. The highest BCUT2D eigenvalue weighted by atomic mass is 16.5. The van der Waals surface area contributed by atoms with Gasteiger partial charge in [-0.3, -0.25) is 4.79 Å². The molecule has 0 fully saturated rings. The SMILES string of the molecule is C#Cc1cccc(NC(=O)c2cc(OC)c(OC)cc2OC)c1. The number of nitrogens with one attached hydrogen (secondary N) is 1. The molecule has 0 unspecified atom stereocenters. The molecule has 0 aliphatic heterocycles. The summed E-state index contributed by atoms with van der Waals surface area (Å²) in [6.07, 6.45) is 5.36. The van der Waals surface area contributed by atoms with Gasteiger partial charge in [-0.05, 0) is 18.2 Å². The average Bonchev–Trinajstić information content (AvgIpc) is 2.60. The fraction of sp³-hybridized carbons (Fsp3) is 0.167. The second-order valence-electron chi connectivity index (χ2n) is 4.59. The molecule has 2 rings (SSSR count). The Hall–Kier alpha value is -3.13. The highest BCUT2D eigenvalue weighted by Crippen LogP contribution is 2.34. The molecule has 0 radical (unpaired) electrons. The van der Waals surface area contributed by atoms with Gasteiger partial charge in [0.15, 0.2) is 11.5 Å². The van der Waals surface area contributed by atoms with Gasteiger partial charge in [-0.15, -0.1) is 6.42 Å². The zero-order valence-electron chi connectivity index (χ0n) is 13.2. The van der Waals surface area contributed by atoms with E-state index in [4.69, 9.17) is 20.6 Å². The normalized spacial score (nSPS) is 9.65. The van der Waals surface area contributed by atoms with Crippen LogP contribution in [0.2, 0.25) is 0 Å². The van der Waals surface area contributed by atoms with Crippen molar-refractivity contribution >= 4 is 11.6 Å². The topological polar surface area (TPSA) is 56.8 Å². The molecule has 5 heteroatoms. The monoisotopic (exact) mass is 311 g/mol. The molecule has 0 aliphatic rings. The van der Waals surface area contributed by atoms with E-state index < -0.39 is 0 Å². The number of hydrogen-bond donors (Lipinski definition) is 1. The number of hydrogen-bond acceptors (Lipinski definition) is 4. The second-order valence-corrected chi connectivity index (χ2v) is 4.59. The predicted molar refractivity (Wildman–Crippen MR) is 88.4 cm³/mol. The minimum atomic E-state index is -0.336. The summed E-state index contributed by atoms with van der Waals surface area (Å²) in [7, 11) is 4.50. The number of methoxy groups -OCH3 is 3. The van der Waals surface area contributed by atoms with Gasteiger partial charge in [-0.25, -0.2) is 0 Å². The van der Waals surface area contributed by atoms with Crippen LogP contribution in [0.15, 0.2) is 36.4 Å². The molecule has 0 heterocycles. The van der Waals surface area contributed by atoms with Crippen molar-refractivity contribution in [3.05, 3.63) is 47.5 Å². The third kappa shape index (κ3) is 3.55. The van der Waals surface area contributed by atoms with Gasteiger partial charge in [0.2, 0.25) is 0 Å². The number of benzene rings is 2. The maximum absolute atomic E-state index is 12.5. The van der Waals surface area contributed by atoms with E-state index >= 15 is 0 Å². The van der Waals surface area contributed by atoms with Gasteiger partial charge in [-0.1, -0.05) is 12.0 Å². The second kappa shape index (κ2) is 7.23. The lowest BCUT2D eigenvalue weighted by molar-refractivity contribution is 0.102. The van der Waals surface area contributed by atoms with Gasteiger partial charge in [-0.2, -0.15) is 0 Å². The maximum Gasteiger partial charge on any atom is 0.259 e. The first-order chi connectivity index (χ1) is 11.1. The van der Waals surface area contributed by atoms with E-state index in [0.717, 1.165) is 0 Å². The number of anilines is 1. The minimum absolute atomic E-state index is 0.330. The van der Waals surface area contributed by atoms with E-state index in [1.807, 2.05) is 0 Å². The highest BCUT2D eigenvalue weighted by Gasteiger charge is 2.18. The number of rotatable bonds is 5. The Labute approximate surface area is 135 Å². The van der Waals surface area contributed by atoms with Crippen LogP contribution in [0.1, 0.15) is 15.9 Å². The van der Waals surface area contributed by atoms with Crippen LogP contribution in [0, 0.1) is 12.3 Å². The molecule has 0 saturated heterocycles. The lowest BCUT2D eigenvalue weighted by atomic mass is 10.1. The van der Waals surface area contributed by atoms with Crippen LogP contribution in [0.3, 0.4) is 0 Å². The van der Waals surface area contributed by atoms with Crippen molar-refractivity contribution in [2.45, 2.75) is 0 Å². The van der Waals surface area contributed by atoms with E-state index in [1.54, 1.807) is 36.4 Å². The van der Waals surface area contributed by atoms with E-state index in [9.17, 15) is 4.79 Å². The van der Waals surface area contributed by atoms with E-state index in [1.165, 1.54) is 21.3 Å². The fourth-order valence-corrected chi connectivity index (χ4v) is 2.09. The smallest absolute Gasteiger partial charge is 0.259 e. The number of amides is 1. The van der Waals surface area contributed by atoms with Crippen molar-refractivity contribution in [2.75, 3.05) is 26.6 Å². The van der Waals surface area contributed by atoms with Gasteiger partial charge in [0.25, 0.3) is 5.91 Å². The summed E-state index contributed by atoms with van der Waals surface area (Å²) in [6.45, 7) is 0. The van der Waals surface area contributed by atoms with Crippen LogP contribution < -0.4 is 19.5 Å². The Balaban J connectivity index is 2.36. The van der Waals surface area contributed by atoms with E-state index in [0.29, 0.717) is 34.1 Å². The molecule has 23 heavy (non-hydrogen) atoms. The van der Waals surface area contributed by atoms with Crippen LogP contribution in [0.4, 0.5) is 5.69 Å². The molecule has 0 aliphatic carbocycles. The summed E-state index contributed by atoms with van der Waals surface area (Å²) in [5, 5.41) is 2.79. The molecule has 0 spiro atoms. The predicted octanol–water partition coefficient (Wildman–Crippen LogP) is 2.95. The molecule has 5 nitrogen and oxygen atoms in total. The molecule has 1 amide bonds. The van der Waals surface area contributed by atoms with Crippen LogP contribution in [0.25, 0.3) is 0 Å². The number of carbonyl (C=O) groups is 1. The Kier molecular flexibility index (Phi) is 5.11.